The Balaban J connectivity index is 1.57. The highest BCUT2D eigenvalue weighted by Gasteiger charge is 2.25. The van der Waals surface area contributed by atoms with Crippen molar-refractivity contribution in [1.29, 1.82) is 0 Å². The van der Waals surface area contributed by atoms with E-state index in [1.54, 1.807) is 33.9 Å². The van der Waals surface area contributed by atoms with Crippen molar-refractivity contribution in [2.75, 3.05) is 18.5 Å². The van der Waals surface area contributed by atoms with Crippen LogP contribution in [0.4, 0.5) is 5.69 Å². The van der Waals surface area contributed by atoms with E-state index in [1.165, 1.54) is 0 Å². The molecule has 1 N–H and O–H groups in total. The number of pyridine rings is 2. The predicted molar refractivity (Wildman–Crippen MR) is 145 cm³/mol. The Morgan fingerprint density at radius 3 is 2.84 bits per heavy atom. The Bertz CT molecular complexity index is 1820. The Morgan fingerprint density at radius 1 is 1.24 bits per heavy atom. The second-order valence-electron chi connectivity index (χ2n) is 9.56. The molecule has 0 bridgehead atoms. The molecule has 190 valence electrons. The van der Waals surface area contributed by atoms with Gasteiger partial charge in [0.2, 0.25) is 0 Å². The summed E-state index contributed by atoms with van der Waals surface area (Å²) in [6.45, 7) is 2.15. The van der Waals surface area contributed by atoms with Crippen LogP contribution in [-0.4, -0.2) is 42.3 Å². The van der Waals surface area contributed by atoms with Crippen LogP contribution < -0.4 is 10.9 Å². The number of nitrogens with zero attached hydrogens (tertiary/aromatic N) is 6. The first kappa shape index (κ1) is 20.4. The van der Waals surface area contributed by atoms with Crippen LogP contribution in [0.5, 0.6) is 0 Å². The van der Waals surface area contributed by atoms with E-state index in [4.69, 9.17) is 20.5 Å². The minimum atomic E-state index is -2.69. The minimum Gasteiger partial charge on any atom is -0.379 e. The zero-order valence-electron chi connectivity index (χ0n) is 23.7. The van der Waals surface area contributed by atoms with Gasteiger partial charge in [0.25, 0.3) is 5.56 Å². The molecule has 0 saturated carbocycles. The highest BCUT2D eigenvalue weighted by atomic mass is 35.5. The number of hydrogen-bond donors (Lipinski definition) is 1. The molecule has 1 aliphatic rings. The number of rotatable bonds is 5. The van der Waals surface area contributed by atoms with Crippen LogP contribution >= 0.6 is 11.6 Å². The number of anilines is 1. The molecule has 1 aliphatic heterocycles. The second kappa shape index (κ2) is 9.00. The molecule has 6 rings (SSSR count). The molecule has 37 heavy (non-hydrogen) atoms. The number of ether oxygens (including phenoxy) is 1. The molecule has 5 aromatic rings. The molecule has 4 aromatic heterocycles. The van der Waals surface area contributed by atoms with Gasteiger partial charge in [0.1, 0.15) is 10.8 Å². The van der Waals surface area contributed by atoms with Crippen LogP contribution in [0.15, 0.2) is 47.7 Å². The number of halogens is 1. The van der Waals surface area contributed by atoms with Crippen molar-refractivity contribution in [3.8, 4) is 11.3 Å². The van der Waals surface area contributed by atoms with Gasteiger partial charge in [-0.1, -0.05) is 17.7 Å². The first-order valence-corrected chi connectivity index (χ1v) is 12.5. The van der Waals surface area contributed by atoms with Gasteiger partial charge in [-0.15, -0.1) is 0 Å². The fourth-order valence-corrected chi connectivity index (χ4v) is 5.35. The minimum absolute atomic E-state index is 0.158. The van der Waals surface area contributed by atoms with Gasteiger partial charge in [0, 0.05) is 58.7 Å². The van der Waals surface area contributed by atoms with Gasteiger partial charge in [-0.3, -0.25) is 14.0 Å². The average molecular weight is 521 g/mol. The molecule has 9 nitrogen and oxygen atoms in total. The zero-order valence-corrected chi connectivity index (χ0v) is 21.5. The number of benzene rings is 1. The van der Waals surface area contributed by atoms with Crippen LogP contribution in [0.3, 0.4) is 0 Å². The molecular formula is C27H28ClN7O2. The van der Waals surface area contributed by atoms with E-state index in [0.717, 1.165) is 26.9 Å². The third-order valence-corrected chi connectivity index (χ3v) is 7.14. The lowest BCUT2D eigenvalue weighted by Crippen LogP contribution is -2.22. The summed E-state index contributed by atoms with van der Waals surface area (Å²) in [5, 5.41) is 14.4. The van der Waals surface area contributed by atoms with Gasteiger partial charge >= 0.3 is 0 Å². The maximum atomic E-state index is 13.9. The first-order chi connectivity index (χ1) is 19.0. The van der Waals surface area contributed by atoms with Crippen LogP contribution in [0, 0.1) is 6.92 Å². The predicted octanol–water partition coefficient (Wildman–Crippen LogP) is 4.78. The van der Waals surface area contributed by atoms with Gasteiger partial charge < -0.3 is 10.1 Å². The molecule has 1 saturated heterocycles. The van der Waals surface area contributed by atoms with E-state index in [9.17, 15) is 4.79 Å². The van der Waals surface area contributed by atoms with Gasteiger partial charge in [-0.05, 0) is 49.6 Å². The molecule has 0 aliphatic carbocycles. The van der Waals surface area contributed by atoms with Gasteiger partial charge in [-0.25, -0.2) is 9.67 Å². The summed E-state index contributed by atoms with van der Waals surface area (Å²) in [7, 11) is 1.83. The topological polar surface area (TPSA) is 91.8 Å². The summed E-state index contributed by atoms with van der Waals surface area (Å²) in [4.78, 5) is 18.4. The van der Waals surface area contributed by atoms with E-state index in [-0.39, 0.29) is 17.7 Å². The quantitative estimate of drug-likeness (QED) is 0.335. The van der Waals surface area contributed by atoms with Crippen molar-refractivity contribution in [1.82, 2.24) is 29.1 Å². The van der Waals surface area contributed by atoms with Crippen molar-refractivity contribution < 1.29 is 8.85 Å². The third-order valence-electron chi connectivity index (χ3n) is 6.93. The van der Waals surface area contributed by atoms with E-state index in [2.05, 4.69) is 20.5 Å². The molecule has 1 aromatic carbocycles. The molecule has 5 heterocycles. The Hall–Kier alpha value is -3.69. The Kier molecular flexibility index (Phi) is 4.96. The highest BCUT2D eigenvalue weighted by molar-refractivity contribution is 6.29. The number of nitrogens with one attached hydrogen (secondary N) is 1. The lowest BCUT2D eigenvalue weighted by atomic mass is 9.95. The summed E-state index contributed by atoms with van der Waals surface area (Å²) in [5.74, 6) is 0. The number of aromatic nitrogens is 6. The standard InChI is InChI=1S/C27H28ClN7O2/c1-15-9-19(16(2)31-22-5-6-23(28)32-25(22)17-11-29-33(3)13-17)24-20(10-15)27(36)34(4)26-21(24)12-30-35(26)18-7-8-37-14-18/h5-6,9-13,16,18,31H,7-8,14H2,1-4H3/t16?,18-/m0/s1/i4D3. The van der Waals surface area contributed by atoms with Crippen molar-refractivity contribution in [3.05, 3.63) is 69.5 Å². The van der Waals surface area contributed by atoms with Crippen molar-refractivity contribution in [2.24, 2.45) is 14.0 Å². The summed E-state index contributed by atoms with van der Waals surface area (Å²) >= 11 is 6.25. The fourth-order valence-electron chi connectivity index (χ4n) is 5.21. The van der Waals surface area contributed by atoms with Crippen molar-refractivity contribution >= 4 is 39.1 Å². The van der Waals surface area contributed by atoms with Crippen LogP contribution in [0.1, 0.15) is 40.7 Å². The Labute approximate surface area is 222 Å². The number of fused-ring (bicyclic) bond motifs is 3. The normalized spacial score (nSPS) is 18.2. The summed E-state index contributed by atoms with van der Waals surface area (Å²) in [6.07, 6.45) is 5.93. The molecule has 1 fully saturated rings. The lowest BCUT2D eigenvalue weighted by Gasteiger charge is -2.21. The molecule has 0 spiro atoms. The fraction of sp³-hybridized carbons (Fsp3) is 0.333. The molecular weight excluding hydrogens is 490 g/mol. The number of hydrogen-bond acceptors (Lipinski definition) is 6. The van der Waals surface area contributed by atoms with Crippen molar-refractivity contribution in [2.45, 2.75) is 32.4 Å². The van der Waals surface area contributed by atoms with Gasteiger partial charge in [-0.2, -0.15) is 10.2 Å². The molecule has 2 atom stereocenters. The molecule has 0 amide bonds. The van der Waals surface area contributed by atoms with E-state index in [0.29, 0.717) is 46.6 Å². The molecule has 0 radical (unpaired) electrons. The van der Waals surface area contributed by atoms with Gasteiger partial charge in [0.05, 0.1) is 36.4 Å². The highest BCUT2D eigenvalue weighted by Crippen LogP contribution is 2.36. The average Bonchev–Trinajstić information content (AvgIpc) is 3.65. The van der Waals surface area contributed by atoms with Crippen LogP contribution in [0.25, 0.3) is 33.1 Å². The maximum absolute atomic E-state index is 13.9. The smallest absolute Gasteiger partial charge is 0.259 e. The molecule has 1 unspecified atom stereocenters. The largest absolute Gasteiger partial charge is 0.379 e. The lowest BCUT2D eigenvalue weighted by molar-refractivity contribution is 0.185. The maximum Gasteiger partial charge on any atom is 0.259 e. The Morgan fingerprint density at radius 2 is 2.11 bits per heavy atom. The number of aryl methyl sites for hydroxylation is 3. The van der Waals surface area contributed by atoms with Crippen LogP contribution in [-0.2, 0) is 18.8 Å². The van der Waals surface area contributed by atoms with Crippen molar-refractivity contribution in [3.63, 3.8) is 0 Å². The summed E-state index contributed by atoms with van der Waals surface area (Å²) in [6, 6.07) is 6.88. The second-order valence-corrected chi connectivity index (χ2v) is 9.95. The van der Waals surface area contributed by atoms with E-state index < -0.39 is 12.5 Å². The van der Waals surface area contributed by atoms with Crippen LogP contribution in [0.2, 0.25) is 5.15 Å². The first-order valence-electron chi connectivity index (χ1n) is 13.6. The summed E-state index contributed by atoms with van der Waals surface area (Å²) < 4.78 is 34.5. The van der Waals surface area contributed by atoms with E-state index >= 15 is 0 Å². The van der Waals surface area contributed by atoms with Gasteiger partial charge in [0.15, 0.2) is 0 Å². The third kappa shape index (κ3) is 3.98. The van der Waals surface area contributed by atoms with E-state index in [1.807, 2.05) is 39.2 Å². The zero-order chi connectivity index (χ0) is 28.3. The molecule has 10 heteroatoms. The summed E-state index contributed by atoms with van der Waals surface area (Å²) in [5.41, 5.74) is 3.56. The monoisotopic (exact) mass is 520 g/mol. The SMILES string of the molecule is [2H]C([2H])([2H])n1c(=O)c2cc(C)cc(C(C)Nc3ccc(Cl)nc3-c3cnn(C)c3)c2c2cnn([C@H]3CCOC3)c21.